The zero-order valence-corrected chi connectivity index (χ0v) is 10.0. The van der Waals surface area contributed by atoms with Crippen LogP contribution in [0.15, 0.2) is 41.1 Å². The van der Waals surface area contributed by atoms with Gasteiger partial charge in [0.1, 0.15) is 5.76 Å². The van der Waals surface area contributed by atoms with Crippen molar-refractivity contribution >= 4 is 0 Å². The summed E-state index contributed by atoms with van der Waals surface area (Å²) >= 11 is 0. The zero-order chi connectivity index (χ0) is 12.1. The van der Waals surface area contributed by atoms with Crippen molar-refractivity contribution in [2.75, 3.05) is 7.11 Å². The molecule has 0 unspecified atom stereocenters. The Hall–Kier alpha value is -1.81. The van der Waals surface area contributed by atoms with E-state index in [0.29, 0.717) is 5.88 Å². The van der Waals surface area contributed by atoms with Crippen molar-refractivity contribution in [3.05, 3.63) is 48.0 Å². The highest BCUT2D eigenvalue weighted by Crippen LogP contribution is 2.13. The Morgan fingerprint density at radius 1 is 1.41 bits per heavy atom. The van der Waals surface area contributed by atoms with Gasteiger partial charge in [0.05, 0.1) is 19.4 Å². The molecule has 0 aliphatic heterocycles. The zero-order valence-electron chi connectivity index (χ0n) is 10.0. The summed E-state index contributed by atoms with van der Waals surface area (Å²) in [6.45, 7) is 2.81. The van der Waals surface area contributed by atoms with Crippen LogP contribution < -0.4 is 10.1 Å². The molecule has 0 aromatic carbocycles. The van der Waals surface area contributed by atoms with Gasteiger partial charge in [-0.1, -0.05) is 6.07 Å². The molecule has 2 aromatic rings. The minimum atomic E-state index is 0.187. The molecule has 0 amide bonds. The number of methoxy groups -OCH3 is 1. The normalized spacial score (nSPS) is 12.4. The van der Waals surface area contributed by atoms with E-state index in [-0.39, 0.29) is 6.04 Å². The van der Waals surface area contributed by atoms with Crippen LogP contribution in [0.5, 0.6) is 5.88 Å². The Labute approximate surface area is 101 Å². The third-order valence-electron chi connectivity index (χ3n) is 2.59. The summed E-state index contributed by atoms with van der Waals surface area (Å²) in [5.74, 6) is 1.57. The minimum absolute atomic E-state index is 0.187. The monoisotopic (exact) mass is 232 g/mol. The minimum Gasteiger partial charge on any atom is -0.481 e. The summed E-state index contributed by atoms with van der Waals surface area (Å²) in [6, 6.07) is 7.89. The molecule has 2 rings (SSSR count). The van der Waals surface area contributed by atoms with Crippen LogP contribution in [0.25, 0.3) is 0 Å². The SMILES string of the molecule is COc1ccc(CN[C@H](C)c2ccco2)cn1. The number of rotatable bonds is 5. The van der Waals surface area contributed by atoms with Crippen LogP contribution in [-0.2, 0) is 6.54 Å². The lowest BCUT2D eigenvalue weighted by atomic mass is 10.2. The van der Waals surface area contributed by atoms with Crippen molar-refractivity contribution < 1.29 is 9.15 Å². The van der Waals surface area contributed by atoms with E-state index in [4.69, 9.17) is 9.15 Å². The number of nitrogens with zero attached hydrogens (tertiary/aromatic N) is 1. The number of furan rings is 1. The van der Waals surface area contributed by atoms with Gasteiger partial charge in [-0.2, -0.15) is 0 Å². The number of pyridine rings is 1. The Morgan fingerprint density at radius 3 is 2.88 bits per heavy atom. The Bertz CT molecular complexity index is 437. The first-order valence-corrected chi connectivity index (χ1v) is 5.55. The summed E-state index contributed by atoms with van der Waals surface area (Å²) in [7, 11) is 1.61. The van der Waals surface area contributed by atoms with Gasteiger partial charge in [0.15, 0.2) is 0 Å². The summed E-state index contributed by atoms with van der Waals surface area (Å²) in [5.41, 5.74) is 1.12. The van der Waals surface area contributed by atoms with Gasteiger partial charge in [-0.15, -0.1) is 0 Å². The lowest BCUT2D eigenvalue weighted by Crippen LogP contribution is -2.17. The van der Waals surface area contributed by atoms with Gasteiger partial charge in [-0.25, -0.2) is 4.98 Å². The molecular weight excluding hydrogens is 216 g/mol. The quantitative estimate of drug-likeness (QED) is 0.860. The molecule has 0 aliphatic carbocycles. The van der Waals surface area contributed by atoms with Crippen LogP contribution in [0.1, 0.15) is 24.3 Å². The van der Waals surface area contributed by atoms with Crippen LogP contribution >= 0.6 is 0 Å². The molecule has 0 bridgehead atoms. The largest absolute Gasteiger partial charge is 0.481 e. The fourth-order valence-corrected chi connectivity index (χ4v) is 1.55. The topological polar surface area (TPSA) is 47.3 Å². The maximum Gasteiger partial charge on any atom is 0.212 e. The maximum atomic E-state index is 5.32. The molecule has 1 N–H and O–H groups in total. The van der Waals surface area contributed by atoms with E-state index < -0.39 is 0 Å². The second-order valence-electron chi connectivity index (χ2n) is 3.83. The molecule has 0 spiro atoms. The number of hydrogen-bond donors (Lipinski definition) is 1. The van der Waals surface area contributed by atoms with E-state index in [2.05, 4.69) is 17.2 Å². The van der Waals surface area contributed by atoms with Gasteiger partial charge in [-0.3, -0.25) is 0 Å². The van der Waals surface area contributed by atoms with Gasteiger partial charge in [0.2, 0.25) is 5.88 Å². The van der Waals surface area contributed by atoms with Crippen molar-refractivity contribution in [2.24, 2.45) is 0 Å². The average molecular weight is 232 g/mol. The molecule has 2 heterocycles. The van der Waals surface area contributed by atoms with Gasteiger partial charge in [-0.05, 0) is 24.6 Å². The first kappa shape index (κ1) is 11.7. The van der Waals surface area contributed by atoms with E-state index in [1.807, 2.05) is 24.3 Å². The van der Waals surface area contributed by atoms with Gasteiger partial charge in [0, 0.05) is 18.8 Å². The molecule has 4 nitrogen and oxygen atoms in total. The van der Waals surface area contributed by atoms with Gasteiger partial charge < -0.3 is 14.5 Å². The van der Waals surface area contributed by atoms with E-state index >= 15 is 0 Å². The van der Waals surface area contributed by atoms with Gasteiger partial charge in [0.25, 0.3) is 0 Å². The lowest BCUT2D eigenvalue weighted by molar-refractivity contribution is 0.397. The van der Waals surface area contributed by atoms with Crippen LogP contribution in [0.3, 0.4) is 0 Å². The van der Waals surface area contributed by atoms with Crippen LogP contribution in [-0.4, -0.2) is 12.1 Å². The summed E-state index contributed by atoms with van der Waals surface area (Å²) in [6.07, 6.45) is 3.49. The molecule has 0 radical (unpaired) electrons. The molecule has 0 saturated heterocycles. The van der Waals surface area contributed by atoms with Crippen LogP contribution in [0, 0.1) is 0 Å². The highest BCUT2D eigenvalue weighted by atomic mass is 16.5. The fraction of sp³-hybridized carbons (Fsp3) is 0.308. The fourth-order valence-electron chi connectivity index (χ4n) is 1.55. The number of nitrogens with one attached hydrogen (secondary N) is 1. The molecule has 90 valence electrons. The third kappa shape index (κ3) is 3.07. The van der Waals surface area contributed by atoms with E-state index in [1.54, 1.807) is 19.6 Å². The molecule has 0 fully saturated rings. The van der Waals surface area contributed by atoms with Crippen molar-refractivity contribution in [2.45, 2.75) is 19.5 Å². The predicted molar refractivity (Wildman–Crippen MR) is 64.8 cm³/mol. The number of hydrogen-bond acceptors (Lipinski definition) is 4. The highest BCUT2D eigenvalue weighted by molar-refractivity contribution is 5.17. The summed E-state index contributed by atoms with van der Waals surface area (Å²) in [4.78, 5) is 4.15. The second kappa shape index (κ2) is 5.50. The molecule has 17 heavy (non-hydrogen) atoms. The first-order chi connectivity index (χ1) is 8.29. The Kier molecular flexibility index (Phi) is 3.77. The summed E-state index contributed by atoms with van der Waals surface area (Å²) < 4.78 is 10.3. The highest BCUT2D eigenvalue weighted by Gasteiger charge is 2.07. The predicted octanol–water partition coefficient (Wildman–Crippen LogP) is 2.53. The Morgan fingerprint density at radius 2 is 2.29 bits per heavy atom. The van der Waals surface area contributed by atoms with E-state index in [1.165, 1.54) is 0 Å². The van der Waals surface area contributed by atoms with Crippen LogP contribution in [0.4, 0.5) is 0 Å². The number of aromatic nitrogens is 1. The number of ether oxygens (including phenoxy) is 1. The second-order valence-corrected chi connectivity index (χ2v) is 3.83. The molecule has 1 atom stereocenters. The van der Waals surface area contributed by atoms with Crippen molar-refractivity contribution in [1.82, 2.24) is 10.3 Å². The molecule has 4 heteroatoms. The molecule has 2 aromatic heterocycles. The first-order valence-electron chi connectivity index (χ1n) is 5.55. The third-order valence-corrected chi connectivity index (χ3v) is 2.59. The van der Waals surface area contributed by atoms with Crippen molar-refractivity contribution in [3.8, 4) is 5.88 Å². The Balaban J connectivity index is 1.89. The van der Waals surface area contributed by atoms with Gasteiger partial charge >= 0.3 is 0 Å². The van der Waals surface area contributed by atoms with E-state index in [9.17, 15) is 0 Å². The van der Waals surface area contributed by atoms with E-state index in [0.717, 1.165) is 17.9 Å². The molecule has 0 saturated carbocycles. The standard InChI is InChI=1S/C13H16N2O2/c1-10(12-4-3-7-17-12)14-8-11-5-6-13(16-2)15-9-11/h3-7,9-10,14H,8H2,1-2H3/t10-/m1/s1. The lowest BCUT2D eigenvalue weighted by Gasteiger charge is -2.11. The smallest absolute Gasteiger partial charge is 0.212 e. The molecular formula is C13H16N2O2. The van der Waals surface area contributed by atoms with Crippen molar-refractivity contribution in [3.63, 3.8) is 0 Å². The average Bonchev–Trinajstić information content (AvgIpc) is 2.90. The maximum absolute atomic E-state index is 5.32. The summed E-state index contributed by atoms with van der Waals surface area (Å²) in [5, 5.41) is 3.36. The van der Waals surface area contributed by atoms with Crippen LogP contribution in [0.2, 0.25) is 0 Å². The van der Waals surface area contributed by atoms with Crippen molar-refractivity contribution in [1.29, 1.82) is 0 Å². The molecule has 0 aliphatic rings.